The maximum Gasteiger partial charge on any atom is 0.238 e. The molecule has 0 aliphatic rings. The molecule has 0 aliphatic heterocycles. The summed E-state index contributed by atoms with van der Waals surface area (Å²) in [6, 6.07) is 4.68. The number of hydrogen-bond donors (Lipinski definition) is 0. The maximum atomic E-state index is 13.6. The van der Waals surface area contributed by atoms with Crippen LogP contribution in [0, 0.1) is 6.92 Å². The Morgan fingerprint density at radius 1 is 1.57 bits per heavy atom. The van der Waals surface area contributed by atoms with Gasteiger partial charge in [-0.05, 0) is 25.5 Å². The summed E-state index contributed by atoms with van der Waals surface area (Å²) in [5.74, 6) is -2.06. The van der Waals surface area contributed by atoms with Gasteiger partial charge in [-0.15, -0.1) is 0 Å². The zero-order valence-corrected chi connectivity index (χ0v) is 8.60. The van der Waals surface area contributed by atoms with Crippen molar-refractivity contribution >= 4 is 17.7 Å². The first-order valence-electron chi connectivity index (χ1n) is 4.02. The van der Waals surface area contributed by atoms with Crippen molar-refractivity contribution in [1.29, 1.82) is 0 Å². The van der Waals surface area contributed by atoms with Gasteiger partial charge in [0.1, 0.15) is 0 Å². The van der Waals surface area contributed by atoms with Crippen LogP contribution < -0.4 is 0 Å². The van der Waals surface area contributed by atoms with E-state index in [-0.39, 0.29) is 5.56 Å². The van der Waals surface area contributed by atoms with E-state index in [1.165, 1.54) is 19.1 Å². The van der Waals surface area contributed by atoms with Crippen LogP contribution in [0.2, 0.25) is 5.02 Å². The van der Waals surface area contributed by atoms with Crippen molar-refractivity contribution in [2.24, 2.45) is 4.99 Å². The number of nitrogens with zero attached hydrogens (tertiary/aromatic N) is 1. The van der Waals surface area contributed by atoms with Crippen molar-refractivity contribution in [3.05, 3.63) is 34.3 Å². The molecular formula is C10H9ClFNO. The van der Waals surface area contributed by atoms with Gasteiger partial charge in [0.2, 0.25) is 11.9 Å². The van der Waals surface area contributed by atoms with Crippen LogP contribution in [0.3, 0.4) is 0 Å². The van der Waals surface area contributed by atoms with Crippen molar-refractivity contribution in [3.8, 4) is 0 Å². The molecule has 0 bridgehead atoms. The predicted octanol–water partition coefficient (Wildman–Crippen LogP) is 3.13. The normalized spacial score (nSPS) is 14.3. The van der Waals surface area contributed by atoms with Gasteiger partial charge in [-0.2, -0.15) is 4.99 Å². The van der Waals surface area contributed by atoms with Crippen LogP contribution in [-0.2, 0) is 10.6 Å². The van der Waals surface area contributed by atoms with Crippen molar-refractivity contribution in [2.45, 2.75) is 19.6 Å². The fourth-order valence-electron chi connectivity index (χ4n) is 1.03. The fourth-order valence-corrected chi connectivity index (χ4v) is 1.21. The summed E-state index contributed by atoms with van der Waals surface area (Å²) in [4.78, 5) is 13.0. The lowest BCUT2D eigenvalue weighted by Gasteiger charge is -2.14. The second-order valence-electron chi connectivity index (χ2n) is 3.12. The quantitative estimate of drug-likeness (QED) is 0.422. The molecule has 74 valence electrons. The molecule has 1 aromatic rings. The molecule has 1 aromatic carbocycles. The molecule has 0 N–H and O–H groups in total. The third-order valence-electron chi connectivity index (χ3n) is 1.95. The Labute approximate surface area is 86.4 Å². The number of halogens is 2. The molecule has 1 atom stereocenters. The summed E-state index contributed by atoms with van der Waals surface area (Å²) in [6.07, 6.45) is 1.20. The van der Waals surface area contributed by atoms with Gasteiger partial charge in [-0.25, -0.2) is 9.18 Å². The zero-order chi connectivity index (χ0) is 10.8. The molecule has 0 fully saturated rings. The highest BCUT2D eigenvalue weighted by Gasteiger charge is 2.25. The molecule has 1 unspecified atom stereocenters. The highest BCUT2D eigenvalue weighted by atomic mass is 35.5. The van der Waals surface area contributed by atoms with E-state index in [1.807, 2.05) is 6.92 Å². The Morgan fingerprint density at radius 2 is 2.21 bits per heavy atom. The lowest BCUT2D eigenvalue weighted by molar-refractivity contribution is 0.206. The summed E-state index contributed by atoms with van der Waals surface area (Å²) in [6.45, 7) is 2.99. The van der Waals surface area contributed by atoms with Gasteiger partial charge in [0.15, 0.2) is 0 Å². The van der Waals surface area contributed by atoms with E-state index in [9.17, 15) is 9.18 Å². The molecule has 0 heterocycles. The molecule has 0 aliphatic carbocycles. The van der Waals surface area contributed by atoms with Crippen LogP contribution in [-0.4, -0.2) is 6.08 Å². The van der Waals surface area contributed by atoms with E-state index in [0.29, 0.717) is 5.02 Å². The first-order valence-corrected chi connectivity index (χ1v) is 4.40. The molecule has 1 rings (SSSR count). The number of benzene rings is 1. The highest BCUT2D eigenvalue weighted by Crippen LogP contribution is 2.29. The zero-order valence-electron chi connectivity index (χ0n) is 7.84. The number of isocyanates is 1. The third kappa shape index (κ3) is 2.19. The maximum absolute atomic E-state index is 13.6. The Morgan fingerprint density at radius 3 is 2.71 bits per heavy atom. The first kappa shape index (κ1) is 10.9. The predicted molar refractivity (Wildman–Crippen MR) is 52.8 cm³/mol. The van der Waals surface area contributed by atoms with E-state index in [2.05, 4.69) is 4.99 Å². The number of rotatable bonds is 2. The number of carbonyl (C=O) groups excluding carboxylic acids is 1. The van der Waals surface area contributed by atoms with Crippen LogP contribution in [0.25, 0.3) is 0 Å². The highest BCUT2D eigenvalue weighted by molar-refractivity contribution is 6.31. The van der Waals surface area contributed by atoms with Gasteiger partial charge in [0.05, 0.1) is 0 Å². The molecule has 0 amide bonds. The largest absolute Gasteiger partial charge is 0.238 e. The van der Waals surface area contributed by atoms with E-state index < -0.39 is 5.79 Å². The first-order chi connectivity index (χ1) is 6.47. The smallest absolute Gasteiger partial charge is 0.212 e. The number of hydrogen-bond acceptors (Lipinski definition) is 2. The minimum atomic E-state index is -2.06. The topological polar surface area (TPSA) is 29.4 Å². The molecular weight excluding hydrogens is 205 g/mol. The van der Waals surface area contributed by atoms with Crippen LogP contribution in [0.4, 0.5) is 4.39 Å². The molecule has 0 saturated heterocycles. The molecule has 4 heteroatoms. The number of aryl methyl sites for hydroxylation is 1. The average Bonchev–Trinajstić information content (AvgIpc) is 2.09. The van der Waals surface area contributed by atoms with Gasteiger partial charge in [0, 0.05) is 10.6 Å². The Balaban J connectivity index is 3.20. The van der Waals surface area contributed by atoms with Gasteiger partial charge in [-0.1, -0.05) is 23.7 Å². The molecule has 2 nitrogen and oxygen atoms in total. The molecule has 0 radical (unpaired) electrons. The monoisotopic (exact) mass is 213 g/mol. The Bertz CT molecular complexity index is 397. The van der Waals surface area contributed by atoms with Crippen LogP contribution in [0.5, 0.6) is 0 Å². The van der Waals surface area contributed by atoms with Gasteiger partial charge >= 0.3 is 0 Å². The average molecular weight is 214 g/mol. The van der Waals surface area contributed by atoms with Crippen LogP contribution >= 0.6 is 11.6 Å². The SMILES string of the molecule is Cc1ccc(C(C)(F)N=C=O)cc1Cl. The van der Waals surface area contributed by atoms with E-state index in [1.54, 1.807) is 12.1 Å². The number of alkyl halides is 1. The van der Waals surface area contributed by atoms with Crippen molar-refractivity contribution < 1.29 is 9.18 Å². The molecule has 14 heavy (non-hydrogen) atoms. The van der Waals surface area contributed by atoms with Crippen LogP contribution in [0.15, 0.2) is 23.2 Å². The molecule has 0 spiro atoms. The minimum Gasteiger partial charge on any atom is -0.212 e. The van der Waals surface area contributed by atoms with Gasteiger partial charge in [0.25, 0.3) is 0 Å². The summed E-state index contributed by atoms with van der Waals surface area (Å²) in [7, 11) is 0. The molecule has 0 aromatic heterocycles. The van der Waals surface area contributed by atoms with E-state index in [0.717, 1.165) is 5.56 Å². The summed E-state index contributed by atoms with van der Waals surface area (Å²) < 4.78 is 13.6. The second-order valence-corrected chi connectivity index (χ2v) is 3.53. The van der Waals surface area contributed by atoms with Gasteiger partial charge in [-0.3, -0.25) is 0 Å². The standard InChI is InChI=1S/C10H9ClFNO/c1-7-3-4-8(5-9(7)11)10(2,12)13-6-14/h3-5H,1-2H3. The second kappa shape index (κ2) is 3.91. The summed E-state index contributed by atoms with van der Waals surface area (Å²) >= 11 is 5.81. The number of aliphatic imine (C=N–C) groups is 1. The lowest BCUT2D eigenvalue weighted by atomic mass is 10.1. The third-order valence-corrected chi connectivity index (χ3v) is 2.36. The van der Waals surface area contributed by atoms with Crippen LogP contribution in [0.1, 0.15) is 18.1 Å². The Hall–Kier alpha value is -1.18. The Kier molecular flexibility index (Phi) is 3.04. The lowest BCUT2D eigenvalue weighted by Crippen LogP contribution is -2.11. The summed E-state index contributed by atoms with van der Waals surface area (Å²) in [5.41, 5.74) is 1.10. The van der Waals surface area contributed by atoms with Crippen molar-refractivity contribution in [3.63, 3.8) is 0 Å². The summed E-state index contributed by atoms with van der Waals surface area (Å²) in [5, 5.41) is 0.451. The van der Waals surface area contributed by atoms with Crippen molar-refractivity contribution in [1.82, 2.24) is 0 Å². The minimum absolute atomic E-state index is 0.247. The van der Waals surface area contributed by atoms with Crippen molar-refractivity contribution in [2.75, 3.05) is 0 Å². The van der Waals surface area contributed by atoms with E-state index in [4.69, 9.17) is 11.6 Å². The fraction of sp³-hybridized carbons (Fsp3) is 0.300. The molecule has 0 saturated carbocycles. The van der Waals surface area contributed by atoms with E-state index >= 15 is 0 Å². The van der Waals surface area contributed by atoms with Gasteiger partial charge < -0.3 is 0 Å².